The topological polar surface area (TPSA) is 89.3 Å². The molecule has 0 saturated heterocycles. The fraction of sp³-hybridized carbons (Fsp3) is 0.154. The van der Waals surface area contributed by atoms with E-state index in [4.69, 9.17) is 5.14 Å². The average Bonchev–Trinajstić information content (AvgIpc) is 2.88. The van der Waals surface area contributed by atoms with E-state index in [1.165, 1.54) is 29.5 Å². The molecular weight excluding hydrogens is 376 g/mol. The van der Waals surface area contributed by atoms with E-state index in [0.29, 0.717) is 15.0 Å². The minimum Gasteiger partial charge on any atom is -0.320 e. The molecule has 0 aliphatic rings. The van der Waals surface area contributed by atoms with E-state index in [1.54, 1.807) is 6.07 Å². The van der Waals surface area contributed by atoms with Crippen molar-refractivity contribution in [3.8, 4) is 0 Å². The molecule has 0 fully saturated rings. The Morgan fingerprint density at radius 3 is 2.57 bits per heavy atom. The third-order valence-corrected chi connectivity index (χ3v) is 5.55. The Labute approximate surface area is 135 Å². The van der Waals surface area contributed by atoms with Gasteiger partial charge in [0.05, 0.1) is 15.5 Å². The Morgan fingerprint density at radius 1 is 1.33 bits per heavy atom. The summed E-state index contributed by atoms with van der Waals surface area (Å²) in [5.41, 5.74) is 0.485. The quantitative estimate of drug-likeness (QED) is 0.843. The lowest BCUT2D eigenvalue weighted by atomic mass is 10.3. The van der Waals surface area contributed by atoms with Gasteiger partial charge in [-0.3, -0.25) is 4.79 Å². The van der Waals surface area contributed by atoms with Crippen molar-refractivity contribution in [2.24, 2.45) is 5.14 Å². The van der Waals surface area contributed by atoms with Crippen molar-refractivity contribution in [1.29, 1.82) is 0 Å². The number of aryl methyl sites for hydroxylation is 1. The predicted molar refractivity (Wildman–Crippen MR) is 87.2 cm³/mol. The molecule has 0 spiro atoms. The summed E-state index contributed by atoms with van der Waals surface area (Å²) in [6.45, 7) is 2.02. The highest BCUT2D eigenvalue weighted by molar-refractivity contribution is 9.10. The Balaban J connectivity index is 2.22. The van der Waals surface area contributed by atoms with Crippen LogP contribution in [0.25, 0.3) is 0 Å². The van der Waals surface area contributed by atoms with Crippen LogP contribution in [0.2, 0.25) is 0 Å². The molecule has 1 heterocycles. The van der Waals surface area contributed by atoms with E-state index in [-0.39, 0.29) is 10.8 Å². The summed E-state index contributed by atoms with van der Waals surface area (Å²) in [4.78, 5) is 13.8. The van der Waals surface area contributed by atoms with Crippen molar-refractivity contribution in [1.82, 2.24) is 0 Å². The van der Waals surface area contributed by atoms with Crippen LogP contribution in [-0.2, 0) is 16.4 Å². The van der Waals surface area contributed by atoms with E-state index in [9.17, 15) is 13.2 Å². The zero-order valence-corrected chi connectivity index (χ0v) is 14.3. The smallest absolute Gasteiger partial charge is 0.265 e. The molecule has 1 aromatic carbocycles. The van der Waals surface area contributed by atoms with Crippen LogP contribution < -0.4 is 10.5 Å². The van der Waals surface area contributed by atoms with Crippen LogP contribution >= 0.6 is 27.3 Å². The zero-order valence-electron chi connectivity index (χ0n) is 11.1. The number of primary sulfonamides is 1. The Kier molecular flexibility index (Phi) is 4.82. The van der Waals surface area contributed by atoms with Crippen molar-refractivity contribution < 1.29 is 13.2 Å². The summed E-state index contributed by atoms with van der Waals surface area (Å²) in [6, 6.07) is 7.89. The number of rotatable bonds is 4. The number of halogens is 1. The summed E-state index contributed by atoms with van der Waals surface area (Å²) in [5.74, 6) is -0.233. The molecule has 0 aliphatic carbocycles. The van der Waals surface area contributed by atoms with Crippen LogP contribution in [0.4, 0.5) is 5.69 Å². The van der Waals surface area contributed by atoms with Gasteiger partial charge in [-0.15, -0.1) is 11.3 Å². The molecule has 21 heavy (non-hydrogen) atoms. The number of hydrogen-bond donors (Lipinski definition) is 2. The van der Waals surface area contributed by atoms with Crippen LogP contribution in [0.3, 0.4) is 0 Å². The van der Waals surface area contributed by atoms with Crippen LogP contribution in [0.15, 0.2) is 39.7 Å². The monoisotopic (exact) mass is 388 g/mol. The summed E-state index contributed by atoms with van der Waals surface area (Å²) in [5, 5.41) is 7.78. The molecule has 8 heteroatoms. The molecule has 0 aliphatic heterocycles. The third kappa shape index (κ3) is 3.91. The predicted octanol–water partition coefficient (Wildman–Crippen LogP) is 2.97. The Morgan fingerprint density at radius 2 is 2.05 bits per heavy atom. The van der Waals surface area contributed by atoms with Gasteiger partial charge in [0, 0.05) is 9.35 Å². The van der Waals surface area contributed by atoms with Gasteiger partial charge >= 0.3 is 0 Å². The standard InChI is InChI=1S/C13H13BrN2O3S2/c1-2-8-3-6-12(20-8)13(17)16-11-5-4-9(7-10(11)14)21(15,18)19/h3-7H,2H2,1H3,(H,16,17)(H2,15,18,19). The number of hydrogen-bond acceptors (Lipinski definition) is 4. The first kappa shape index (κ1) is 16.2. The molecule has 2 rings (SSSR count). The lowest BCUT2D eigenvalue weighted by molar-refractivity contribution is 0.103. The zero-order chi connectivity index (χ0) is 15.6. The molecule has 3 N–H and O–H groups in total. The highest BCUT2D eigenvalue weighted by Gasteiger charge is 2.14. The fourth-order valence-corrected chi connectivity index (χ4v) is 3.66. The van der Waals surface area contributed by atoms with Gasteiger partial charge in [0.1, 0.15) is 0 Å². The van der Waals surface area contributed by atoms with Gasteiger partial charge in [0.2, 0.25) is 10.0 Å². The molecule has 0 atom stereocenters. The second kappa shape index (κ2) is 6.27. The second-order valence-electron chi connectivity index (χ2n) is 4.26. The SMILES string of the molecule is CCc1ccc(C(=O)Nc2ccc(S(N)(=O)=O)cc2Br)s1. The van der Waals surface area contributed by atoms with Crippen molar-refractivity contribution in [2.75, 3.05) is 5.32 Å². The molecule has 2 aromatic rings. The molecule has 5 nitrogen and oxygen atoms in total. The molecule has 1 aromatic heterocycles. The van der Waals surface area contributed by atoms with Crippen molar-refractivity contribution in [2.45, 2.75) is 18.2 Å². The number of anilines is 1. The van der Waals surface area contributed by atoms with E-state index in [2.05, 4.69) is 21.2 Å². The number of amides is 1. The number of sulfonamides is 1. The second-order valence-corrected chi connectivity index (χ2v) is 7.84. The lowest BCUT2D eigenvalue weighted by Gasteiger charge is -2.07. The highest BCUT2D eigenvalue weighted by atomic mass is 79.9. The summed E-state index contributed by atoms with van der Waals surface area (Å²) in [7, 11) is -3.76. The van der Waals surface area contributed by atoms with E-state index < -0.39 is 10.0 Å². The van der Waals surface area contributed by atoms with Gasteiger partial charge < -0.3 is 5.32 Å². The van der Waals surface area contributed by atoms with Gasteiger partial charge in [0.15, 0.2) is 0 Å². The van der Waals surface area contributed by atoms with Gasteiger partial charge in [0.25, 0.3) is 5.91 Å². The molecular formula is C13H13BrN2O3S2. The Bertz CT molecular complexity index is 784. The summed E-state index contributed by atoms with van der Waals surface area (Å²) in [6.07, 6.45) is 0.880. The van der Waals surface area contributed by atoms with Crippen LogP contribution in [0, 0.1) is 0 Å². The van der Waals surface area contributed by atoms with Gasteiger partial charge in [-0.05, 0) is 52.7 Å². The molecule has 0 saturated carbocycles. The third-order valence-electron chi connectivity index (χ3n) is 2.75. The molecule has 0 radical (unpaired) electrons. The first-order valence-corrected chi connectivity index (χ1v) is 9.19. The van der Waals surface area contributed by atoms with E-state index >= 15 is 0 Å². The van der Waals surface area contributed by atoms with Crippen LogP contribution in [0.5, 0.6) is 0 Å². The first-order valence-electron chi connectivity index (χ1n) is 6.03. The number of benzene rings is 1. The number of nitrogens with two attached hydrogens (primary N) is 1. The maximum absolute atomic E-state index is 12.1. The normalized spacial score (nSPS) is 11.4. The minimum absolute atomic E-state index is 0.0169. The van der Waals surface area contributed by atoms with Crippen molar-refractivity contribution >= 4 is 48.9 Å². The van der Waals surface area contributed by atoms with Crippen LogP contribution in [-0.4, -0.2) is 14.3 Å². The number of nitrogens with one attached hydrogen (secondary N) is 1. The largest absolute Gasteiger partial charge is 0.320 e. The maximum atomic E-state index is 12.1. The lowest BCUT2D eigenvalue weighted by Crippen LogP contribution is -2.13. The molecule has 0 unspecified atom stereocenters. The number of carbonyl (C=O) groups excluding carboxylic acids is 1. The molecule has 112 valence electrons. The maximum Gasteiger partial charge on any atom is 0.265 e. The summed E-state index contributed by atoms with van der Waals surface area (Å²) < 4.78 is 22.9. The van der Waals surface area contributed by atoms with Gasteiger partial charge in [-0.25, -0.2) is 13.6 Å². The van der Waals surface area contributed by atoms with Crippen molar-refractivity contribution in [3.63, 3.8) is 0 Å². The van der Waals surface area contributed by atoms with E-state index in [1.807, 2.05) is 13.0 Å². The van der Waals surface area contributed by atoms with Crippen LogP contribution in [0.1, 0.15) is 21.5 Å². The highest BCUT2D eigenvalue weighted by Crippen LogP contribution is 2.26. The van der Waals surface area contributed by atoms with Gasteiger partial charge in [-0.1, -0.05) is 6.92 Å². The average molecular weight is 389 g/mol. The van der Waals surface area contributed by atoms with Gasteiger partial charge in [-0.2, -0.15) is 0 Å². The van der Waals surface area contributed by atoms with E-state index in [0.717, 1.165) is 11.3 Å². The Hall–Kier alpha value is -1.22. The fourth-order valence-electron chi connectivity index (χ4n) is 1.65. The first-order chi connectivity index (χ1) is 9.81. The molecule has 1 amide bonds. The number of thiophene rings is 1. The van der Waals surface area contributed by atoms with Crippen molar-refractivity contribution in [3.05, 3.63) is 44.6 Å². The molecule has 0 bridgehead atoms. The minimum atomic E-state index is -3.76. The summed E-state index contributed by atoms with van der Waals surface area (Å²) >= 11 is 4.66. The number of carbonyl (C=O) groups is 1.